The molecule has 0 aromatic heterocycles. The zero-order valence-corrected chi connectivity index (χ0v) is 9.71. The van der Waals surface area contributed by atoms with Gasteiger partial charge in [0.2, 0.25) is 0 Å². The zero-order chi connectivity index (χ0) is 13.9. The van der Waals surface area contributed by atoms with Crippen LogP contribution in [0.2, 0.25) is 0 Å². The molecule has 0 unspecified atom stereocenters. The van der Waals surface area contributed by atoms with Crippen LogP contribution in [0.3, 0.4) is 0 Å². The number of nitrogens with one attached hydrogen (secondary N) is 1. The van der Waals surface area contributed by atoms with Gasteiger partial charge < -0.3 is 15.2 Å². The number of ether oxygens (including phenoxy) is 1. The maximum absolute atomic E-state index is 12.1. The average molecular weight is 263 g/mol. The Morgan fingerprint density at radius 1 is 1.39 bits per heavy atom. The topological polar surface area (TPSA) is 58.6 Å². The molecule has 100 valence electrons. The second-order valence-electron chi connectivity index (χ2n) is 3.86. The summed E-state index contributed by atoms with van der Waals surface area (Å²) in [6.45, 7) is 3.34. The quantitative estimate of drug-likeness (QED) is 0.880. The highest BCUT2D eigenvalue weighted by Gasteiger charge is 2.33. The molecule has 0 fully saturated rings. The van der Waals surface area contributed by atoms with E-state index >= 15 is 0 Å². The van der Waals surface area contributed by atoms with Gasteiger partial charge in [0.25, 0.3) is 5.91 Å². The van der Waals surface area contributed by atoms with E-state index in [0.717, 1.165) is 18.2 Å². The first-order valence-electron chi connectivity index (χ1n) is 5.08. The number of carbonyl (C=O) groups excluding carboxylic acids is 1. The standard InChI is InChI=1S/C11H12F3NO3/c1-6(2)15-10(17)8-4-3-7(16)5-9(8)18-11(12,13)14/h3-6,16H,1-2H3,(H,15,17). The molecule has 4 nitrogen and oxygen atoms in total. The summed E-state index contributed by atoms with van der Waals surface area (Å²) in [6.07, 6.45) is -4.93. The molecule has 0 aliphatic rings. The van der Waals surface area contributed by atoms with Gasteiger partial charge in [-0.2, -0.15) is 0 Å². The van der Waals surface area contributed by atoms with E-state index in [1.54, 1.807) is 13.8 Å². The van der Waals surface area contributed by atoms with Gasteiger partial charge in [-0.15, -0.1) is 13.2 Å². The minimum Gasteiger partial charge on any atom is -0.508 e. The second kappa shape index (κ2) is 5.16. The van der Waals surface area contributed by atoms with Crippen molar-refractivity contribution in [1.82, 2.24) is 5.32 Å². The number of hydrogen-bond acceptors (Lipinski definition) is 3. The summed E-state index contributed by atoms with van der Waals surface area (Å²) < 4.78 is 40.1. The lowest BCUT2D eigenvalue weighted by Gasteiger charge is -2.14. The first-order chi connectivity index (χ1) is 8.19. The Kier molecular flexibility index (Phi) is 4.05. The number of benzene rings is 1. The van der Waals surface area contributed by atoms with Gasteiger partial charge in [0.1, 0.15) is 11.5 Å². The largest absolute Gasteiger partial charge is 0.573 e. The molecule has 0 saturated carbocycles. The van der Waals surface area contributed by atoms with E-state index in [0.29, 0.717) is 0 Å². The number of phenols is 1. The number of alkyl halides is 3. The van der Waals surface area contributed by atoms with Crippen LogP contribution in [0.5, 0.6) is 11.5 Å². The highest BCUT2D eigenvalue weighted by molar-refractivity contribution is 5.97. The highest BCUT2D eigenvalue weighted by atomic mass is 19.4. The Bertz CT molecular complexity index is 444. The Morgan fingerprint density at radius 3 is 2.50 bits per heavy atom. The SMILES string of the molecule is CC(C)NC(=O)c1ccc(O)cc1OC(F)(F)F. The van der Waals surface area contributed by atoms with E-state index in [1.165, 1.54) is 0 Å². The molecule has 2 N–H and O–H groups in total. The first-order valence-corrected chi connectivity index (χ1v) is 5.08. The van der Waals surface area contributed by atoms with Gasteiger partial charge >= 0.3 is 6.36 Å². The summed E-state index contributed by atoms with van der Waals surface area (Å²) in [5.74, 6) is -1.86. The molecular weight excluding hydrogens is 251 g/mol. The number of hydrogen-bond donors (Lipinski definition) is 2. The van der Waals surface area contributed by atoms with Crippen LogP contribution >= 0.6 is 0 Å². The Hall–Kier alpha value is -1.92. The van der Waals surface area contributed by atoms with Crippen LogP contribution in [-0.2, 0) is 0 Å². The smallest absolute Gasteiger partial charge is 0.508 e. The fraction of sp³-hybridized carbons (Fsp3) is 0.364. The third kappa shape index (κ3) is 4.15. The number of amides is 1. The number of rotatable bonds is 3. The highest BCUT2D eigenvalue weighted by Crippen LogP contribution is 2.29. The van der Waals surface area contributed by atoms with E-state index in [9.17, 15) is 18.0 Å². The fourth-order valence-corrected chi connectivity index (χ4v) is 1.25. The predicted molar refractivity (Wildman–Crippen MR) is 57.4 cm³/mol. The van der Waals surface area contributed by atoms with Crippen molar-refractivity contribution in [2.24, 2.45) is 0 Å². The van der Waals surface area contributed by atoms with Crippen molar-refractivity contribution < 1.29 is 27.8 Å². The molecule has 18 heavy (non-hydrogen) atoms. The maximum atomic E-state index is 12.1. The zero-order valence-electron chi connectivity index (χ0n) is 9.71. The molecule has 0 aliphatic heterocycles. The average Bonchev–Trinajstić information content (AvgIpc) is 2.13. The second-order valence-corrected chi connectivity index (χ2v) is 3.86. The molecule has 0 atom stereocenters. The van der Waals surface area contributed by atoms with E-state index in [4.69, 9.17) is 5.11 Å². The van der Waals surface area contributed by atoms with Gasteiger partial charge in [0.15, 0.2) is 0 Å². The first kappa shape index (κ1) is 14.1. The number of aromatic hydroxyl groups is 1. The van der Waals surface area contributed by atoms with Crippen molar-refractivity contribution in [1.29, 1.82) is 0 Å². The molecule has 0 aliphatic carbocycles. The summed E-state index contributed by atoms with van der Waals surface area (Å²) in [7, 11) is 0. The van der Waals surface area contributed by atoms with Gasteiger partial charge in [-0.25, -0.2) is 0 Å². The van der Waals surface area contributed by atoms with E-state index < -0.39 is 23.8 Å². The number of carbonyl (C=O) groups is 1. The van der Waals surface area contributed by atoms with E-state index in [-0.39, 0.29) is 11.6 Å². The third-order valence-electron chi connectivity index (χ3n) is 1.86. The third-order valence-corrected chi connectivity index (χ3v) is 1.86. The molecule has 1 aromatic rings. The van der Waals surface area contributed by atoms with Crippen molar-refractivity contribution in [2.75, 3.05) is 0 Å². The van der Waals surface area contributed by atoms with Crippen molar-refractivity contribution >= 4 is 5.91 Å². The van der Waals surface area contributed by atoms with Crippen LogP contribution in [0.1, 0.15) is 24.2 Å². The molecule has 0 saturated heterocycles. The lowest BCUT2D eigenvalue weighted by atomic mass is 10.1. The molecule has 7 heteroatoms. The molecule has 0 radical (unpaired) electrons. The Labute approximate surface area is 101 Å². The minimum atomic E-state index is -4.93. The summed E-state index contributed by atoms with van der Waals surface area (Å²) in [5, 5.41) is 11.6. The normalized spacial score (nSPS) is 11.4. The molecular formula is C11H12F3NO3. The molecule has 1 aromatic carbocycles. The lowest BCUT2D eigenvalue weighted by Crippen LogP contribution is -2.31. The van der Waals surface area contributed by atoms with Crippen molar-refractivity contribution in [2.45, 2.75) is 26.3 Å². The fourth-order valence-electron chi connectivity index (χ4n) is 1.25. The summed E-state index contributed by atoms with van der Waals surface area (Å²) in [6, 6.07) is 2.68. The Morgan fingerprint density at radius 2 is 2.00 bits per heavy atom. The minimum absolute atomic E-state index is 0.231. The van der Waals surface area contributed by atoms with Crippen molar-refractivity contribution in [3.8, 4) is 11.5 Å². The molecule has 0 spiro atoms. The van der Waals surface area contributed by atoms with E-state index in [2.05, 4.69) is 10.1 Å². The predicted octanol–water partition coefficient (Wildman–Crippen LogP) is 2.43. The van der Waals surface area contributed by atoms with Crippen molar-refractivity contribution in [3.05, 3.63) is 23.8 Å². The van der Waals surface area contributed by atoms with E-state index in [1.807, 2.05) is 0 Å². The van der Waals surface area contributed by atoms with Gasteiger partial charge in [-0.1, -0.05) is 0 Å². The Balaban J connectivity index is 3.07. The summed E-state index contributed by atoms with van der Waals surface area (Å²) in [4.78, 5) is 11.6. The molecule has 1 amide bonds. The summed E-state index contributed by atoms with van der Waals surface area (Å²) >= 11 is 0. The van der Waals surface area contributed by atoms with Crippen LogP contribution in [-0.4, -0.2) is 23.4 Å². The van der Waals surface area contributed by atoms with Crippen molar-refractivity contribution in [3.63, 3.8) is 0 Å². The van der Waals surface area contributed by atoms with Crippen LogP contribution in [0, 0.1) is 0 Å². The molecule has 0 bridgehead atoms. The molecule has 0 heterocycles. The number of phenolic OH excluding ortho intramolecular Hbond substituents is 1. The van der Waals surface area contributed by atoms with Crippen LogP contribution in [0.25, 0.3) is 0 Å². The van der Waals surface area contributed by atoms with Gasteiger partial charge in [0.05, 0.1) is 5.56 Å². The molecule has 1 rings (SSSR count). The lowest BCUT2D eigenvalue weighted by molar-refractivity contribution is -0.274. The monoisotopic (exact) mass is 263 g/mol. The summed E-state index contributed by atoms with van der Waals surface area (Å²) in [5.41, 5.74) is -0.293. The van der Waals surface area contributed by atoms with Crippen LogP contribution < -0.4 is 10.1 Å². The number of halogens is 3. The van der Waals surface area contributed by atoms with Crippen LogP contribution in [0.15, 0.2) is 18.2 Å². The van der Waals surface area contributed by atoms with Gasteiger partial charge in [-0.05, 0) is 26.0 Å². The van der Waals surface area contributed by atoms with Gasteiger partial charge in [0, 0.05) is 12.1 Å². The maximum Gasteiger partial charge on any atom is 0.573 e. The van der Waals surface area contributed by atoms with Gasteiger partial charge in [-0.3, -0.25) is 4.79 Å². The van der Waals surface area contributed by atoms with Crippen LogP contribution in [0.4, 0.5) is 13.2 Å².